The molecule has 0 aliphatic carbocycles. The van der Waals surface area contributed by atoms with Crippen molar-refractivity contribution in [3.63, 3.8) is 0 Å². The van der Waals surface area contributed by atoms with Gasteiger partial charge in [0.1, 0.15) is 6.33 Å². The van der Waals surface area contributed by atoms with Crippen LogP contribution in [0.3, 0.4) is 0 Å². The number of hydrogen-bond donors (Lipinski definition) is 0. The van der Waals surface area contributed by atoms with Crippen LogP contribution in [0.2, 0.25) is 0 Å². The molecule has 0 N–H and O–H groups in total. The molecule has 2 aliphatic heterocycles. The second-order valence-electron chi connectivity index (χ2n) is 4.47. The van der Waals surface area contributed by atoms with E-state index in [2.05, 4.69) is 4.98 Å². The topological polar surface area (TPSA) is 64.4 Å². The molecule has 0 unspecified atom stereocenters. The molecule has 0 bridgehead atoms. The summed E-state index contributed by atoms with van der Waals surface area (Å²) in [5.41, 5.74) is 0.0770. The van der Waals surface area contributed by atoms with Gasteiger partial charge in [-0.15, -0.1) is 0 Å². The van der Waals surface area contributed by atoms with E-state index in [0.29, 0.717) is 19.7 Å². The number of ether oxygens (including phenoxy) is 1. The number of rotatable bonds is 2. The van der Waals surface area contributed by atoms with E-state index in [1.54, 1.807) is 0 Å². The van der Waals surface area contributed by atoms with Gasteiger partial charge in [0, 0.05) is 37.5 Å². The molecular weight excluding hydrogens is 230 g/mol. The highest BCUT2D eigenvalue weighted by Gasteiger charge is 2.50. The summed E-state index contributed by atoms with van der Waals surface area (Å²) in [5, 5.41) is 0. The fraction of sp³-hybridized carbons (Fsp3) is 0.667. The van der Waals surface area contributed by atoms with Crippen molar-refractivity contribution < 1.29 is 13.2 Å². The fourth-order valence-electron chi connectivity index (χ4n) is 2.28. The van der Waals surface area contributed by atoms with Crippen LogP contribution in [0.1, 0.15) is 6.42 Å². The average Bonchev–Trinajstić information content (AvgIpc) is 2.87. The van der Waals surface area contributed by atoms with E-state index in [9.17, 15) is 8.42 Å². The lowest BCUT2D eigenvalue weighted by molar-refractivity contribution is 0.0505. The molecule has 6 nitrogen and oxygen atoms in total. The van der Waals surface area contributed by atoms with Crippen molar-refractivity contribution in [2.45, 2.75) is 6.42 Å². The molecule has 0 radical (unpaired) electrons. The smallest absolute Gasteiger partial charge is 0.308 e. The molecule has 0 aromatic carbocycles. The van der Waals surface area contributed by atoms with Crippen LogP contribution in [0.5, 0.6) is 0 Å². The molecule has 0 saturated carbocycles. The molecule has 2 aliphatic rings. The maximum absolute atomic E-state index is 12.0. The first-order valence-corrected chi connectivity index (χ1v) is 6.59. The number of nitrogens with zero attached hydrogens (tertiary/aromatic N) is 3. The van der Waals surface area contributed by atoms with E-state index in [4.69, 9.17) is 4.74 Å². The van der Waals surface area contributed by atoms with Crippen molar-refractivity contribution in [2.75, 3.05) is 26.3 Å². The fourth-order valence-corrected chi connectivity index (χ4v) is 3.80. The Hall–Kier alpha value is -0.920. The standard InChI is InChI=1S/C9H13N3O3S/c13-16(14,11-3-2-10-8-11)12-5-9(6-12)1-4-15-7-9/h2-3,8H,1,4-7H2. The molecular formula is C9H13N3O3S. The van der Waals surface area contributed by atoms with E-state index in [1.165, 1.54) is 23.0 Å². The Labute approximate surface area is 94.0 Å². The van der Waals surface area contributed by atoms with Crippen molar-refractivity contribution in [3.05, 3.63) is 18.7 Å². The van der Waals surface area contributed by atoms with Gasteiger partial charge in [0.15, 0.2) is 0 Å². The highest BCUT2D eigenvalue weighted by molar-refractivity contribution is 7.87. The van der Waals surface area contributed by atoms with Gasteiger partial charge in [0.25, 0.3) is 0 Å². The SMILES string of the molecule is O=S(=O)(N1CC2(CCOC2)C1)n1ccnc1. The quantitative estimate of drug-likeness (QED) is 0.715. The van der Waals surface area contributed by atoms with Gasteiger partial charge in [-0.05, 0) is 6.42 Å². The minimum Gasteiger partial charge on any atom is -0.381 e. The maximum atomic E-state index is 12.0. The highest BCUT2D eigenvalue weighted by atomic mass is 32.2. The molecule has 0 amide bonds. The Morgan fingerprint density at radius 1 is 1.38 bits per heavy atom. The van der Waals surface area contributed by atoms with Gasteiger partial charge >= 0.3 is 10.2 Å². The summed E-state index contributed by atoms with van der Waals surface area (Å²) in [5.74, 6) is 0. The number of hydrogen-bond acceptors (Lipinski definition) is 4. The summed E-state index contributed by atoms with van der Waals surface area (Å²) in [6.45, 7) is 2.56. The largest absolute Gasteiger partial charge is 0.381 e. The van der Waals surface area contributed by atoms with Crippen LogP contribution < -0.4 is 0 Å². The normalized spacial score (nSPS) is 24.8. The van der Waals surface area contributed by atoms with Gasteiger partial charge < -0.3 is 4.74 Å². The van der Waals surface area contributed by atoms with Crippen LogP contribution in [0.25, 0.3) is 0 Å². The Morgan fingerprint density at radius 2 is 2.19 bits per heavy atom. The molecule has 16 heavy (non-hydrogen) atoms. The predicted molar refractivity (Wildman–Crippen MR) is 56.0 cm³/mol. The zero-order valence-electron chi connectivity index (χ0n) is 8.74. The third-order valence-corrected chi connectivity index (χ3v) is 4.94. The molecule has 3 heterocycles. The third kappa shape index (κ3) is 1.39. The van der Waals surface area contributed by atoms with Crippen LogP contribution in [0.15, 0.2) is 18.7 Å². The van der Waals surface area contributed by atoms with E-state index < -0.39 is 10.2 Å². The lowest BCUT2D eigenvalue weighted by Gasteiger charge is -2.45. The van der Waals surface area contributed by atoms with E-state index in [1.807, 2.05) is 0 Å². The second kappa shape index (κ2) is 3.28. The third-order valence-electron chi connectivity index (χ3n) is 3.28. The zero-order chi connectivity index (χ0) is 11.2. The Bertz CT molecular complexity index is 468. The van der Waals surface area contributed by atoms with Crippen LogP contribution >= 0.6 is 0 Å². The molecule has 3 rings (SSSR count). The monoisotopic (exact) mass is 243 g/mol. The van der Waals surface area contributed by atoms with E-state index in [-0.39, 0.29) is 5.41 Å². The Balaban J connectivity index is 1.77. The van der Waals surface area contributed by atoms with Crippen molar-refractivity contribution >= 4 is 10.2 Å². The van der Waals surface area contributed by atoms with Gasteiger partial charge in [0.05, 0.1) is 6.61 Å². The van der Waals surface area contributed by atoms with Crippen LogP contribution in [-0.2, 0) is 14.9 Å². The summed E-state index contributed by atoms with van der Waals surface area (Å²) >= 11 is 0. The Morgan fingerprint density at radius 3 is 2.75 bits per heavy atom. The van der Waals surface area contributed by atoms with Gasteiger partial charge in [-0.3, -0.25) is 0 Å². The first kappa shape index (κ1) is 10.2. The lowest BCUT2D eigenvalue weighted by Crippen LogP contribution is -2.59. The average molecular weight is 243 g/mol. The van der Waals surface area contributed by atoms with Crippen LogP contribution in [-0.4, -0.2) is 48.0 Å². The van der Waals surface area contributed by atoms with Crippen molar-refractivity contribution in [2.24, 2.45) is 5.41 Å². The molecule has 1 spiro atoms. The van der Waals surface area contributed by atoms with Gasteiger partial charge in [-0.25, -0.2) is 8.96 Å². The van der Waals surface area contributed by atoms with Gasteiger partial charge in [0.2, 0.25) is 0 Å². The lowest BCUT2D eigenvalue weighted by atomic mass is 9.81. The summed E-state index contributed by atoms with van der Waals surface area (Å²) in [4.78, 5) is 3.75. The molecule has 88 valence electrons. The summed E-state index contributed by atoms with van der Waals surface area (Å²) < 4.78 is 32.0. The predicted octanol–water partition coefficient (Wildman–Crippen LogP) is -0.302. The maximum Gasteiger partial charge on any atom is 0.308 e. The summed E-state index contributed by atoms with van der Waals surface area (Å²) in [6, 6.07) is 0. The second-order valence-corrected chi connectivity index (χ2v) is 6.30. The van der Waals surface area contributed by atoms with Crippen LogP contribution in [0, 0.1) is 5.41 Å². The minimum atomic E-state index is -3.39. The molecule has 1 aromatic rings. The summed E-state index contributed by atoms with van der Waals surface area (Å²) in [6.07, 6.45) is 5.19. The molecule has 2 fully saturated rings. The van der Waals surface area contributed by atoms with Gasteiger partial charge in [-0.2, -0.15) is 12.7 Å². The zero-order valence-corrected chi connectivity index (χ0v) is 9.56. The van der Waals surface area contributed by atoms with Crippen molar-refractivity contribution in [1.82, 2.24) is 13.3 Å². The van der Waals surface area contributed by atoms with E-state index >= 15 is 0 Å². The number of aromatic nitrogens is 2. The minimum absolute atomic E-state index is 0.0770. The molecule has 1 aromatic heterocycles. The molecule has 0 atom stereocenters. The van der Waals surface area contributed by atoms with Crippen molar-refractivity contribution in [3.8, 4) is 0 Å². The van der Waals surface area contributed by atoms with Crippen molar-refractivity contribution in [1.29, 1.82) is 0 Å². The molecule has 2 saturated heterocycles. The first-order chi connectivity index (χ1) is 7.62. The Kier molecular flexibility index (Phi) is 2.10. The number of imidazole rings is 1. The van der Waals surface area contributed by atoms with Crippen LogP contribution in [0.4, 0.5) is 0 Å². The molecule has 7 heteroatoms. The summed E-state index contributed by atoms with van der Waals surface area (Å²) in [7, 11) is -3.39. The van der Waals surface area contributed by atoms with Gasteiger partial charge in [-0.1, -0.05) is 0 Å². The first-order valence-electron chi connectivity index (χ1n) is 5.19. The van der Waals surface area contributed by atoms with E-state index in [0.717, 1.165) is 17.0 Å². The highest BCUT2D eigenvalue weighted by Crippen LogP contribution is 2.39.